The standard InChI is InChI=1S/C14H27NOS/c1-13(2)9-6-12(16-13)10-15-11-14(17-3)7-4-5-8-14/h12,15H,4-11H2,1-3H3. The molecule has 1 N–H and O–H groups in total. The molecule has 2 rings (SSSR count). The van der Waals surface area contributed by atoms with Gasteiger partial charge in [0.1, 0.15) is 0 Å². The van der Waals surface area contributed by atoms with Gasteiger partial charge in [-0.2, -0.15) is 11.8 Å². The van der Waals surface area contributed by atoms with Crippen molar-refractivity contribution < 1.29 is 4.74 Å². The average Bonchev–Trinajstić information content (AvgIpc) is 2.87. The summed E-state index contributed by atoms with van der Waals surface area (Å²) in [5.74, 6) is 0. The van der Waals surface area contributed by atoms with E-state index in [2.05, 4.69) is 37.2 Å². The first kappa shape index (κ1) is 13.7. The molecule has 1 saturated heterocycles. The summed E-state index contributed by atoms with van der Waals surface area (Å²) in [5, 5.41) is 3.65. The molecule has 0 radical (unpaired) electrons. The zero-order chi connectivity index (χ0) is 12.4. The van der Waals surface area contributed by atoms with Crippen LogP contribution in [0.1, 0.15) is 52.4 Å². The van der Waals surface area contributed by atoms with Gasteiger partial charge < -0.3 is 10.1 Å². The Kier molecular flexibility index (Phi) is 4.43. The summed E-state index contributed by atoms with van der Waals surface area (Å²) in [4.78, 5) is 0. The van der Waals surface area contributed by atoms with Crippen molar-refractivity contribution in [1.82, 2.24) is 5.32 Å². The third-order valence-electron chi connectivity index (χ3n) is 4.32. The number of thioether (sulfide) groups is 1. The van der Waals surface area contributed by atoms with Crippen LogP contribution in [0.25, 0.3) is 0 Å². The van der Waals surface area contributed by atoms with Crippen LogP contribution >= 0.6 is 11.8 Å². The molecule has 100 valence electrons. The van der Waals surface area contributed by atoms with E-state index in [1.807, 2.05) is 0 Å². The lowest BCUT2D eigenvalue weighted by atomic mass is 10.1. The van der Waals surface area contributed by atoms with Crippen LogP contribution in [0.3, 0.4) is 0 Å². The van der Waals surface area contributed by atoms with Crippen LogP contribution in [-0.2, 0) is 4.74 Å². The van der Waals surface area contributed by atoms with Crippen molar-refractivity contribution >= 4 is 11.8 Å². The molecule has 3 heteroatoms. The van der Waals surface area contributed by atoms with Crippen LogP contribution in [0.4, 0.5) is 0 Å². The first-order chi connectivity index (χ1) is 8.05. The van der Waals surface area contributed by atoms with Crippen molar-refractivity contribution in [2.75, 3.05) is 19.3 Å². The third-order valence-corrected chi connectivity index (χ3v) is 5.74. The molecule has 0 bridgehead atoms. The first-order valence-electron chi connectivity index (χ1n) is 6.99. The molecule has 0 spiro atoms. The summed E-state index contributed by atoms with van der Waals surface area (Å²) >= 11 is 2.06. The Bertz CT molecular complexity index is 249. The highest BCUT2D eigenvalue weighted by molar-refractivity contribution is 8.00. The fourth-order valence-electron chi connectivity index (χ4n) is 3.15. The van der Waals surface area contributed by atoms with Crippen molar-refractivity contribution in [2.45, 2.75) is 68.8 Å². The van der Waals surface area contributed by atoms with E-state index in [-0.39, 0.29) is 5.60 Å². The molecule has 2 nitrogen and oxygen atoms in total. The molecule has 0 aromatic rings. The summed E-state index contributed by atoms with van der Waals surface area (Å²) in [6.07, 6.45) is 10.7. The Morgan fingerprint density at radius 2 is 1.94 bits per heavy atom. The largest absolute Gasteiger partial charge is 0.371 e. The van der Waals surface area contributed by atoms with E-state index < -0.39 is 0 Å². The highest BCUT2D eigenvalue weighted by Gasteiger charge is 2.34. The second-order valence-corrected chi connectivity index (χ2v) is 7.54. The Morgan fingerprint density at radius 3 is 2.47 bits per heavy atom. The van der Waals surface area contributed by atoms with Crippen LogP contribution in [0.5, 0.6) is 0 Å². The molecule has 0 amide bonds. The average molecular weight is 257 g/mol. The second-order valence-electron chi connectivity index (χ2n) is 6.26. The Labute approximate surface area is 110 Å². The zero-order valence-electron chi connectivity index (χ0n) is 11.6. The monoisotopic (exact) mass is 257 g/mol. The van der Waals surface area contributed by atoms with Gasteiger partial charge in [-0.1, -0.05) is 12.8 Å². The summed E-state index contributed by atoms with van der Waals surface area (Å²) in [6.45, 7) is 6.60. The highest BCUT2D eigenvalue weighted by atomic mass is 32.2. The minimum atomic E-state index is 0.108. The van der Waals surface area contributed by atoms with Gasteiger partial charge in [-0.25, -0.2) is 0 Å². The molecule has 1 aliphatic heterocycles. The van der Waals surface area contributed by atoms with Gasteiger partial charge in [0.15, 0.2) is 0 Å². The fourth-order valence-corrected chi connectivity index (χ4v) is 4.10. The van der Waals surface area contributed by atoms with Gasteiger partial charge in [0, 0.05) is 17.8 Å². The number of hydrogen-bond donors (Lipinski definition) is 1. The van der Waals surface area contributed by atoms with Crippen LogP contribution in [0.2, 0.25) is 0 Å². The van der Waals surface area contributed by atoms with Crippen LogP contribution in [0.15, 0.2) is 0 Å². The van der Waals surface area contributed by atoms with E-state index in [0.29, 0.717) is 10.9 Å². The molecule has 1 saturated carbocycles. The highest BCUT2D eigenvalue weighted by Crippen LogP contribution is 2.39. The lowest BCUT2D eigenvalue weighted by Gasteiger charge is -2.28. The van der Waals surface area contributed by atoms with E-state index in [1.54, 1.807) is 0 Å². The van der Waals surface area contributed by atoms with Crippen LogP contribution in [0, 0.1) is 0 Å². The summed E-state index contributed by atoms with van der Waals surface area (Å²) in [5.41, 5.74) is 0.108. The Balaban J connectivity index is 1.69. The normalized spacial score (nSPS) is 30.9. The molecular formula is C14H27NOS. The van der Waals surface area contributed by atoms with Gasteiger partial charge in [0.05, 0.1) is 11.7 Å². The molecular weight excluding hydrogens is 230 g/mol. The minimum absolute atomic E-state index is 0.108. The first-order valence-corrected chi connectivity index (χ1v) is 8.21. The molecule has 2 aliphatic rings. The maximum Gasteiger partial charge on any atom is 0.0707 e. The molecule has 0 aromatic carbocycles. The van der Waals surface area contributed by atoms with Gasteiger partial charge >= 0.3 is 0 Å². The zero-order valence-corrected chi connectivity index (χ0v) is 12.4. The number of ether oxygens (including phenoxy) is 1. The number of hydrogen-bond acceptors (Lipinski definition) is 3. The lowest BCUT2D eigenvalue weighted by molar-refractivity contribution is -0.0142. The molecule has 1 unspecified atom stereocenters. The van der Waals surface area contributed by atoms with Gasteiger partial charge in [-0.05, 0) is 45.8 Å². The Hall–Kier alpha value is 0.270. The third kappa shape index (κ3) is 3.62. The number of rotatable bonds is 5. The van der Waals surface area contributed by atoms with E-state index in [4.69, 9.17) is 4.74 Å². The molecule has 1 aliphatic carbocycles. The maximum atomic E-state index is 6.01. The van der Waals surface area contributed by atoms with Crippen molar-refractivity contribution in [1.29, 1.82) is 0 Å². The molecule has 0 aromatic heterocycles. The minimum Gasteiger partial charge on any atom is -0.371 e. The van der Waals surface area contributed by atoms with Crippen molar-refractivity contribution in [2.24, 2.45) is 0 Å². The van der Waals surface area contributed by atoms with E-state index in [9.17, 15) is 0 Å². The van der Waals surface area contributed by atoms with Crippen molar-refractivity contribution in [3.05, 3.63) is 0 Å². The van der Waals surface area contributed by atoms with Gasteiger partial charge in [0.2, 0.25) is 0 Å². The molecule has 17 heavy (non-hydrogen) atoms. The predicted octanol–water partition coefficient (Wildman–Crippen LogP) is 3.21. The van der Waals surface area contributed by atoms with Gasteiger partial charge in [0.25, 0.3) is 0 Å². The summed E-state index contributed by atoms with van der Waals surface area (Å²) in [7, 11) is 0. The maximum absolute atomic E-state index is 6.01. The van der Waals surface area contributed by atoms with Crippen LogP contribution in [-0.4, -0.2) is 35.8 Å². The summed E-state index contributed by atoms with van der Waals surface area (Å²) in [6, 6.07) is 0. The van der Waals surface area contributed by atoms with E-state index in [1.165, 1.54) is 38.5 Å². The molecule has 2 fully saturated rings. The SMILES string of the molecule is CSC1(CNCC2CCC(C)(C)O2)CCCC1. The summed E-state index contributed by atoms with van der Waals surface area (Å²) < 4.78 is 6.53. The van der Waals surface area contributed by atoms with E-state index in [0.717, 1.165) is 13.1 Å². The second kappa shape index (κ2) is 5.50. The smallest absolute Gasteiger partial charge is 0.0707 e. The van der Waals surface area contributed by atoms with Gasteiger partial charge in [-0.3, -0.25) is 0 Å². The predicted molar refractivity (Wildman–Crippen MR) is 75.8 cm³/mol. The van der Waals surface area contributed by atoms with Crippen LogP contribution < -0.4 is 5.32 Å². The van der Waals surface area contributed by atoms with Gasteiger partial charge in [-0.15, -0.1) is 0 Å². The van der Waals surface area contributed by atoms with Crippen molar-refractivity contribution in [3.63, 3.8) is 0 Å². The Morgan fingerprint density at radius 1 is 1.24 bits per heavy atom. The fraction of sp³-hybridized carbons (Fsp3) is 1.00. The topological polar surface area (TPSA) is 21.3 Å². The quantitative estimate of drug-likeness (QED) is 0.817. The molecule has 1 heterocycles. The van der Waals surface area contributed by atoms with Crippen molar-refractivity contribution in [3.8, 4) is 0 Å². The lowest BCUT2D eigenvalue weighted by Crippen LogP contribution is -2.39. The molecule has 1 atom stereocenters. The number of nitrogens with one attached hydrogen (secondary N) is 1. The van der Waals surface area contributed by atoms with E-state index >= 15 is 0 Å².